The number of nitrogens with one attached hydrogen (secondary N) is 1. The lowest BCUT2D eigenvalue weighted by Gasteiger charge is -2.16. The highest BCUT2D eigenvalue weighted by Gasteiger charge is 2.43. The van der Waals surface area contributed by atoms with Crippen molar-refractivity contribution in [1.29, 1.82) is 0 Å². The lowest BCUT2D eigenvalue weighted by Crippen LogP contribution is -2.33. The Morgan fingerprint density at radius 3 is 2.75 bits per heavy atom. The van der Waals surface area contributed by atoms with Crippen molar-refractivity contribution >= 4 is 17.0 Å². The maximum atomic E-state index is 10.2. The molecular formula is C15H21N5O4. The molecule has 0 aliphatic carbocycles. The molecule has 0 bridgehead atoms. The van der Waals surface area contributed by atoms with Crippen LogP contribution in [0.2, 0.25) is 0 Å². The van der Waals surface area contributed by atoms with Crippen molar-refractivity contribution in [1.82, 2.24) is 19.5 Å². The third-order valence-corrected chi connectivity index (χ3v) is 3.93. The molecule has 1 aliphatic heterocycles. The third kappa shape index (κ3) is 2.98. The van der Waals surface area contributed by atoms with Gasteiger partial charge in [-0.15, -0.1) is 0 Å². The van der Waals surface area contributed by atoms with Crippen molar-refractivity contribution in [2.75, 3.05) is 18.5 Å². The second-order valence-corrected chi connectivity index (χ2v) is 5.94. The van der Waals surface area contributed by atoms with Crippen LogP contribution in [0.3, 0.4) is 0 Å². The molecule has 1 aliphatic rings. The third-order valence-electron chi connectivity index (χ3n) is 3.93. The maximum absolute atomic E-state index is 10.2. The van der Waals surface area contributed by atoms with Gasteiger partial charge in [0.2, 0.25) is 0 Å². The number of hydrogen-bond acceptors (Lipinski definition) is 8. The first kappa shape index (κ1) is 16.8. The zero-order valence-electron chi connectivity index (χ0n) is 13.5. The fourth-order valence-corrected chi connectivity index (χ4v) is 2.63. The van der Waals surface area contributed by atoms with Crippen molar-refractivity contribution in [2.45, 2.75) is 38.4 Å². The minimum absolute atomic E-state index is 0.383. The van der Waals surface area contributed by atoms with Gasteiger partial charge in [0.25, 0.3) is 0 Å². The number of aromatic nitrogens is 4. The van der Waals surface area contributed by atoms with Gasteiger partial charge in [-0.1, -0.05) is 11.6 Å². The molecule has 0 radical (unpaired) electrons. The summed E-state index contributed by atoms with van der Waals surface area (Å²) in [5.74, 6) is 0.572. The highest BCUT2D eigenvalue weighted by atomic mass is 16.6. The summed E-state index contributed by atoms with van der Waals surface area (Å²) in [5, 5.41) is 32.4. The molecule has 0 saturated carbocycles. The van der Waals surface area contributed by atoms with Gasteiger partial charge in [-0.05, 0) is 13.8 Å². The first-order chi connectivity index (χ1) is 11.5. The smallest absolute Gasteiger partial charge is 0.167 e. The van der Waals surface area contributed by atoms with Crippen LogP contribution in [-0.2, 0) is 4.74 Å². The van der Waals surface area contributed by atoms with Crippen molar-refractivity contribution < 1.29 is 20.1 Å². The number of aliphatic hydroxyl groups is 3. The Labute approximate surface area is 138 Å². The first-order valence-electron chi connectivity index (χ1n) is 7.70. The molecule has 0 spiro atoms. The van der Waals surface area contributed by atoms with Crippen LogP contribution in [0.4, 0.5) is 5.82 Å². The molecule has 1 fully saturated rings. The fraction of sp³-hybridized carbons (Fsp3) is 0.533. The molecule has 24 heavy (non-hydrogen) atoms. The van der Waals surface area contributed by atoms with Crippen molar-refractivity contribution in [3.8, 4) is 0 Å². The minimum atomic E-state index is -1.18. The van der Waals surface area contributed by atoms with Crippen LogP contribution in [-0.4, -0.2) is 66.3 Å². The monoisotopic (exact) mass is 335 g/mol. The van der Waals surface area contributed by atoms with Crippen LogP contribution in [0.15, 0.2) is 24.3 Å². The van der Waals surface area contributed by atoms with Crippen molar-refractivity contribution in [2.24, 2.45) is 0 Å². The van der Waals surface area contributed by atoms with Crippen LogP contribution in [0.5, 0.6) is 0 Å². The van der Waals surface area contributed by atoms with E-state index in [9.17, 15) is 15.3 Å². The fourth-order valence-electron chi connectivity index (χ4n) is 2.63. The Morgan fingerprint density at radius 2 is 2.08 bits per heavy atom. The van der Waals surface area contributed by atoms with E-state index < -0.39 is 24.5 Å². The second-order valence-electron chi connectivity index (χ2n) is 5.94. The van der Waals surface area contributed by atoms with E-state index in [0.29, 0.717) is 23.5 Å². The SMILES string of the molecule is CC(C)=CCNc1ncnc2c1ncn2[C@@H]1O[C@H](CO)[C@@H](O)[C@@H]1O. The topological polar surface area (TPSA) is 126 Å². The number of fused-ring (bicyclic) bond motifs is 1. The summed E-state index contributed by atoms with van der Waals surface area (Å²) in [6.07, 6.45) is 0.823. The van der Waals surface area contributed by atoms with Crippen LogP contribution >= 0.6 is 0 Å². The van der Waals surface area contributed by atoms with Crippen molar-refractivity contribution in [3.63, 3.8) is 0 Å². The molecular weight excluding hydrogens is 314 g/mol. The molecule has 2 aromatic heterocycles. The van der Waals surface area contributed by atoms with E-state index in [1.54, 1.807) is 0 Å². The average Bonchev–Trinajstić information content (AvgIpc) is 3.10. The molecule has 1 saturated heterocycles. The van der Waals surface area contributed by atoms with Crippen molar-refractivity contribution in [3.05, 3.63) is 24.3 Å². The van der Waals surface area contributed by atoms with Crippen LogP contribution in [0.1, 0.15) is 20.1 Å². The summed E-state index contributed by atoms with van der Waals surface area (Å²) in [4.78, 5) is 12.7. The number of anilines is 1. The summed E-state index contributed by atoms with van der Waals surface area (Å²) in [6.45, 7) is 4.24. The highest BCUT2D eigenvalue weighted by Crippen LogP contribution is 2.31. The van der Waals surface area contributed by atoms with Gasteiger partial charge in [0.15, 0.2) is 23.2 Å². The molecule has 0 unspecified atom stereocenters. The van der Waals surface area contributed by atoms with E-state index in [4.69, 9.17) is 4.74 Å². The Bertz CT molecular complexity index is 743. The van der Waals surface area contributed by atoms with Gasteiger partial charge in [0.1, 0.15) is 24.6 Å². The molecule has 4 atom stereocenters. The zero-order chi connectivity index (χ0) is 17.3. The number of aliphatic hydroxyl groups excluding tert-OH is 3. The Kier molecular flexibility index (Phi) is 4.76. The number of rotatable bonds is 5. The maximum Gasteiger partial charge on any atom is 0.167 e. The zero-order valence-corrected chi connectivity index (χ0v) is 13.5. The van der Waals surface area contributed by atoms with Gasteiger partial charge in [-0.2, -0.15) is 0 Å². The van der Waals surface area contributed by atoms with E-state index in [1.807, 2.05) is 19.9 Å². The number of allylic oxidation sites excluding steroid dienone is 1. The molecule has 4 N–H and O–H groups in total. The Morgan fingerprint density at radius 1 is 1.29 bits per heavy atom. The molecule has 0 amide bonds. The molecule has 130 valence electrons. The Hall–Kier alpha value is -2.07. The van der Waals surface area contributed by atoms with E-state index >= 15 is 0 Å². The minimum Gasteiger partial charge on any atom is -0.394 e. The van der Waals surface area contributed by atoms with Crippen LogP contribution in [0, 0.1) is 0 Å². The quantitative estimate of drug-likeness (QED) is 0.554. The summed E-state index contributed by atoms with van der Waals surface area (Å²) in [5.41, 5.74) is 2.20. The summed E-state index contributed by atoms with van der Waals surface area (Å²) < 4.78 is 7.06. The highest BCUT2D eigenvalue weighted by molar-refractivity contribution is 5.82. The van der Waals surface area contributed by atoms with Crippen LogP contribution < -0.4 is 5.32 Å². The molecule has 9 heteroatoms. The van der Waals surface area contributed by atoms with Crippen LogP contribution in [0.25, 0.3) is 11.2 Å². The van der Waals surface area contributed by atoms with E-state index in [2.05, 4.69) is 20.3 Å². The van der Waals surface area contributed by atoms with Gasteiger partial charge < -0.3 is 25.4 Å². The number of ether oxygens (including phenoxy) is 1. The number of nitrogens with zero attached hydrogens (tertiary/aromatic N) is 4. The van der Waals surface area contributed by atoms with E-state index in [-0.39, 0.29) is 6.61 Å². The Balaban J connectivity index is 1.90. The largest absolute Gasteiger partial charge is 0.394 e. The number of imidazole rings is 1. The van der Waals surface area contributed by atoms with E-state index in [0.717, 1.165) is 0 Å². The predicted octanol–water partition coefficient (Wildman–Crippen LogP) is -0.184. The normalized spacial score (nSPS) is 26.7. The molecule has 3 rings (SSSR count). The van der Waals surface area contributed by atoms with Gasteiger partial charge in [-0.3, -0.25) is 4.57 Å². The molecule has 3 heterocycles. The number of hydrogen-bond donors (Lipinski definition) is 4. The molecule has 2 aromatic rings. The first-order valence-corrected chi connectivity index (χ1v) is 7.70. The summed E-state index contributed by atoms with van der Waals surface area (Å²) in [7, 11) is 0. The van der Waals surface area contributed by atoms with E-state index in [1.165, 1.54) is 22.8 Å². The van der Waals surface area contributed by atoms with Gasteiger partial charge in [0.05, 0.1) is 12.9 Å². The van der Waals surface area contributed by atoms with Gasteiger partial charge in [-0.25, -0.2) is 15.0 Å². The average molecular weight is 335 g/mol. The lowest BCUT2D eigenvalue weighted by atomic mass is 10.1. The van der Waals surface area contributed by atoms with Gasteiger partial charge in [0, 0.05) is 6.54 Å². The summed E-state index contributed by atoms with van der Waals surface area (Å²) >= 11 is 0. The standard InChI is InChI=1S/C15H21N5O4/c1-8(2)3-4-16-13-10-14(18-6-17-13)20(7-19-10)15-12(23)11(22)9(5-21)24-15/h3,6-7,9,11-12,15,21-23H,4-5H2,1-2H3,(H,16,17,18)/t9-,11-,12+,15-/m1/s1. The van der Waals surface area contributed by atoms with Gasteiger partial charge >= 0.3 is 0 Å². The molecule has 9 nitrogen and oxygen atoms in total. The molecule has 0 aromatic carbocycles. The predicted molar refractivity (Wildman–Crippen MR) is 86.3 cm³/mol. The summed E-state index contributed by atoms with van der Waals surface area (Å²) in [6, 6.07) is 0. The second kappa shape index (κ2) is 6.81. The lowest BCUT2D eigenvalue weighted by molar-refractivity contribution is -0.0511.